The Morgan fingerprint density at radius 1 is 1.53 bits per heavy atom. The van der Waals surface area contributed by atoms with Crippen molar-refractivity contribution in [2.24, 2.45) is 0 Å². The Labute approximate surface area is 92.6 Å². The normalized spacial score (nSPS) is 33.8. The molecule has 0 bridgehead atoms. The largest absolute Gasteiger partial charge is 0.390 e. The molecule has 90 valence electrons. The monoisotopic (exact) mass is 255 g/mol. The highest BCUT2D eigenvalue weighted by Crippen LogP contribution is 2.13. The molecule has 4 atom stereocenters. The fourth-order valence-electron chi connectivity index (χ4n) is 1.75. The first-order chi connectivity index (χ1) is 6.80. The van der Waals surface area contributed by atoms with Crippen LogP contribution in [0.5, 0.6) is 0 Å². The first-order valence-corrected chi connectivity index (χ1v) is 8.29. The molecule has 1 heterocycles. The molecule has 15 heavy (non-hydrogen) atoms. The molecule has 1 rings (SSSR count). The van der Waals surface area contributed by atoms with Gasteiger partial charge in [0.15, 0.2) is 9.84 Å². The maximum Gasteiger partial charge on any atom is 0.154 e. The predicted octanol–water partition coefficient (Wildman–Crippen LogP) is -1.50. The Bertz CT molecular complexity index is 341. The van der Waals surface area contributed by atoms with Gasteiger partial charge < -0.3 is 10.4 Å². The van der Waals surface area contributed by atoms with Crippen LogP contribution in [-0.4, -0.2) is 59.4 Å². The molecule has 0 amide bonds. The third-order valence-corrected chi connectivity index (χ3v) is 4.99. The average molecular weight is 255 g/mol. The summed E-state index contributed by atoms with van der Waals surface area (Å²) < 4.78 is 33.3. The van der Waals surface area contributed by atoms with E-state index in [-0.39, 0.29) is 17.5 Å². The summed E-state index contributed by atoms with van der Waals surface area (Å²) in [7, 11) is -4.03. The number of rotatable bonds is 4. The lowest BCUT2D eigenvalue weighted by Gasteiger charge is -2.19. The summed E-state index contributed by atoms with van der Waals surface area (Å²) >= 11 is 0. The maximum absolute atomic E-state index is 11.2. The van der Waals surface area contributed by atoms with E-state index in [0.717, 1.165) is 0 Å². The van der Waals surface area contributed by atoms with Gasteiger partial charge in [-0.05, 0) is 6.92 Å². The molecule has 4 unspecified atom stereocenters. The summed E-state index contributed by atoms with van der Waals surface area (Å²) in [5.74, 6) is 0.255. The maximum atomic E-state index is 11.2. The second-order valence-corrected chi connectivity index (χ2v) is 7.69. The molecule has 0 saturated carbocycles. The second kappa shape index (κ2) is 4.90. The molecule has 5 nitrogen and oxygen atoms in total. The van der Waals surface area contributed by atoms with Crippen molar-refractivity contribution in [3.8, 4) is 0 Å². The van der Waals surface area contributed by atoms with Crippen molar-refractivity contribution in [3.05, 3.63) is 0 Å². The standard InChI is InChI=1S/C8H17NO4S2/c1-6(3-14(2)11)9-7-4-15(12,13)5-8(7)10/h6-10H,3-5H2,1-2H3. The Hall–Kier alpha value is 0.0200. The molecule has 1 saturated heterocycles. The van der Waals surface area contributed by atoms with Gasteiger partial charge in [0.05, 0.1) is 17.6 Å². The average Bonchev–Trinajstić information content (AvgIpc) is 2.22. The lowest BCUT2D eigenvalue weighted by molar-refractivity contribution is 0.162. The minimum absolute atomic E-state index is 0.0329. The van der Waals surface area contributed by atoms with E-state index in [1.54, 1.807) is 6.26 Å². The predicted molar refractivity (Wildman–Crippen MR) is 60.0 cm³/mol. The number of nitrogens with one attached hydrogen (secondary N) is 1. The Morgan fingerprint density at radius 3 is 2.53 bits per heavy atom. The summed E-state index contributed by atoms with van der Waals surface area (Å²) in [5.41, 5.74) is 0. The minimum atomic E-state index is -3.11. The fourth-order valence-corrected chi connectivity index (χ4v) is 4.31. The van der Waals surface area contributed by atoms with Crippen LogP contribution >= 0.6 is 0 Å². The van der Waals surface area contributed by atoms with Gasteiger partial charge in [-0.15, -0.1) is 0 Å². The van der Waals surface area contributed by atoms with Gasteiger partial charge in [-0.1, -0.05) is 0 Å². The van der Waals surface area contributed by atoms with Gasteiger partial charge in [0.2, 0.25) is 0 Å². The Kier molecular flexibility index (Phi) is 4.28. The van der Waals surface area contributed by atoms with Crippen LogP contribution in [0.4, 0.5) is 0 Å². The van der Waals surface area contributed by atoms with Crippen LogP contribution < -0.4 is 5.32 Å². The molecule has 0 aromatic carbocycles. The van der Waals surface area contributed by atoms with E-state index in [9.17, 15) is 17.7 Å². The molecule has 0 aromatic heterocycles. The van der Waals surface area contributed by atoms with Gasteiger partial charge >= 0.3 is 0 Å². The smallest absolute Gasteiger partial charge is 0.154 e. The zero-order valence-electron chi connectivity index (χ0n) is 8.84. The molecule has 2 N–H and O–H groups in total. The van der Waals surface area contributed by atoms with Crippen LogP contribution in [0.15, 0.2) is 0 Å². The zero-order chi connectivity index (χ0) is 11.6. The number of aliphatic hydroxyl groups excluding tert-OH is 1. The van der Waals surface area contributed by atoms with Gasteiger partial charge in [0.1, 0.15) is 0 Å². The fraction of sp³-hybridized carbons (Fsp3) is 1.00. The molecule has 1 aliphatic rings. The molecule has 0 spiro atoms. The highest BCUT2D eigenvalue weighted by molar-refractivity contribution is 7.91. The van der Waals surface area contributed by atoms with Crippen LogP contribution in [0, 0.1) is 0 Å². The van der Waals surface area contributed by atoms with Crippen molar-refractivity contribution in [2.45, 2.75) is 25.1 Å². The summed E-state index contributed by atoms with van der Waals surface area (Å²) in [6.45, 7) is 1.83. The van der Waals surface area contributed by atoms with Crippen LogP contribution in [0.25, 0.3) is 0 Å². The number of aliphatic hydroxyl groups is 1. The van der Waals surface area contributed by atoms with Crippen molar-refractivity contribution < 1.29 is 17.7 Å². The summed E-state index contributed by atoms with van der Waals surface area (Å²) in [5, 5.41) is 12.5. The molecule has 0 radical (unpaired) electrons. The van der Waals surface area contributed by atoms with E-state index in [1.165, 1.54) is 0 Å². The van der Waals surface area contributed by atoms with Crippen LogP contribution in [0.2, 0.25) is 0 Å². The van der Waals surface area contributed by atoms with E-state index in [2.05, 4.69) is 5.32 Å². The molecule has 1 fully saturated rings. The summed E-state index contributed by atoms with van der Waals surface area (Å²) in [6, 6.07) is -0.475. The molecule has 0 aliphatic carbocycles. The molecule has 1 aliphatic heterocycles. The molecule has 7 heteroatoms. The van der Waals surface area contributed by atoms with Crippen molar-refractivity contribution in [3.63, 3.8) is 0 Å². The van der Waals surface area contributed by atoms with E-state index < -0.39 is 32.8 Å². The number of sulfone groups is 1. The lowest BCUT2D eigenvalue weighted by atomic mass is 10.2. The van der Waals surface area contributed by atoms with E-state index in [0.29, 0.717) is 5.75 Å². The van der Waals surface area contributed by atoms with E-state index in [1.807, 2.05) is 6.92 Å². The number of hydrogen-bond donors (Lipinski definition) is 2. The molecule has 0 aromatic rings. The third-order valence-electron chi connectivity index (χ3n) is 2.31. The van der Waals surface area contributed by atoms with Gasteiger partial charge in [-0.3, -0.25) is 4.21 Å². The zero-order valence-corrected chi connectivity index (χ0v) is 10.5. The van der Waals surface area contributed by atoms with Crippen LogP contribution in [-0.2, 0) is 20.6 Å². The van der Waals surface area contributed by atoms with Crippen molar-refractivity contribution in [1.82, 2.24) is 5.32 Å². The summed E-state index contributed by atoms with van der Waals surface area (Å²) in [4.78, 5) is 0. The van der Waals surface area contributed by atoms with Crippen molar-refractivity contribution >= 4 is 20.6 Å². The first-order valence-electron chi connectivity index (χ1n) is 4.75. The number of hydrogen-bond acceptors (Lipinski definition) is 5. The van der Waals surface area contributed by atoms with Crippen LogP contribution in [0.3, 0.4) is 0 Å². The molecular weight excluding hydrogens is 238 g/mol. The van der Waals surface area contributed by atoms with Crippen LogP contribution in [0.1, 0.15) is 6.92 Å². The van der Waals surface area contributed by atoms with Crippen molar-refractivity contribution in [2.75, 3.05) is 23.5 Å². The van der Waals surface area contributed by atoms with Crippen molar-refractivity contribution in [1.29, 1.82) is 0 Å². The Balaban J connectivity index is 2.49. The van der Waals surface area contributed by atoms with Gasteiger partial charge in [0, 0.05) is 34.9 Å². The van der Waals surface area contributed by atoms with Gasteiger partial charge in [-0.2, -0.15) is 0 Å². The Morgan fingerprint density at radius 2 is 2.13 bits per heavy atom. The van der Waals surface area contributed by atoms with E-state index >= 15 is 0 Å². The van der Waals surface area contributed by atoms with Gasteiger partial charge in [0.25, 0.3) is 0 Å². The van der Waals surface area contributed by atoms with Gasteiger partial charge in [-0.25, -0.2) is 8.42 Å². The highest BCUT2D eigenvalue weighted by atomic mass is 32.2. The summed E-state index contributed by atoms with van der Waals surface area (Å²) in [6.07, 6.45) is 0.753. The topological polar surface area (TPSA) is 83.5 Å². The SMILES string of the molecule is CC(CS(C)=O)NC1CS(=O)(=O)CC1O. The second-order valence-electron chi connectivity index (χ2n) is 4.06. The minimum Gasteiger partial charge on any atom is -0.390 e. The first kappa shape index (κ1) is 13.1. The highest BCUT2D eigenvalue weighted by Gasteiger charge is 2.36. The lowest BCUT2D eigenvalue weighted by Crippen LogP contribution is -2.45. The third kappa shape index (κ3) is 4.18. The van der Waals surface area contributed by atoms with E-state index in [4.69, 9.17) is 0 Å². The molecular formula is C8H17NO4S2. The quantitative estimate of drug-likeness (QED) is 0.639.